The Kier molecular flexibility index (Phi) is 6.20. The van der Waals surface area contributed by atoms with Gasteiger partial charge >= 0.3 is 0 Å². The number of halogens is 1. The van der Waals surface area contributed by atoms with Crippen molar-refractivity contribution in [2.24, 2.45) is 7.05 Å². The highest BCUT2D eigenvalue weighted by molar-refractivity contribution is 6.08. The summed E-state index contributed by atoms with van der Waals surface area (Å²) in [6, 6.07) is 14.6. The Balaban J connectivity index is 1.54. The van der Waals surface area contributed by atoms with Crippen LogP contribution in [-0.4, -0.2) is 38.6 Å². The van der Waals surface area contributed by atoms with Crippen molar-refractivity contribution >= 4 is 34.4 Å². The molecule has 4 N–H and O–H groups in total. The molecular weight excluding hydrogens is 471 g/mol. The normalized spacial score (nSPS) is 16.7. The van der Waals surface area contributed by atoms with Gasteiger partial charge in [-0.1, -0.05) is 30.8 Å². The molecule has 8 nitrogen and oxygen atoms in total. The fourth-order valence-electron chi connectivity index (χ4n) is 4.57. The van der Waals surface area contributed by atoms with E-state index in [0.717, 1.165) is 22.4 Å². The van der Waals surface area contributed by atoms with Crippen LogP contribution in [0.15, 0.2) is 67.0 Å². The molecule has 0 unspecified atom stereocenters. The number of benzene rings is 2. The van der Waals surface area contributed by atoms with Crippen molar-refractivity contribution in [3.8, 4) is 22.4 Å². The Morgan fingerprint density at radius 3 is 2.32 bits per heavy atom. The summed E-state index contributed by atoms with van der Waals surface area (Å²) in [5.74, 6) is -0.122. The quantitative estimate of drug-likeness (QED) is 0.335. The van der Waals surface area contributed by atoms with Crippen molar-refractivity contribution in [3.63, 3.8) is 0 Å². The Morgan fingerprint density at radius 2 is 1.70 bits per heavy atom. The minimum absolute atomic E-state index is 0.119. The molecule has 2 heterocycles. The largest absolute Gasteiger partial charge is 0.383 e. The minimum Gasteiger partial charge on any atom is -0.383 e. The molecule has 1 aliphatic rings. The second kappa shape index (κ2) is 9.50. The van der Waals surface area contributed by atoms with Crippen LogP contribution < -0.4 is 16.4 Å². The molecule has 188 valence electrons. The van der Waals surface area contributed by atoms with E-state index in [2.05, 4.69) is 27.2 Å². The van der Waals surface area contributed by atoms with E-state index in [0.29, 0.717) is 46.5 Å². The smallest absolute Gasteiger partial charge is 0.251 e. The lowest BCUT2D eigenvalue weighted by Gasteiger charge is -2.30. The number of nitrogens with one attached hydrogen (secondary N) is 2. The third-order valence-electron chi connectivity index (χ3n) is 6.65. The molecule has 0 bridgehead atoms. The van der Waals surface area contributed by atoms with Gasteiger partial charge in [0.25, 0.3) is 11.8 Å². The number of nitrogens with zero attached hydrogens (tertiary/aromatic N) is 3. The molecule has 1 saturated carbocycles. The third-order valence-corrected chi connectivity index (χ3v) is 6.65. The van der Waals surface area contributed by atoms with Gasteiger partial charge in [-0.15, -0.1) is 0 Å². The summed E-state index contributed by atoms with van der Waals surface area (Å²) < 4.78 is 15.1. The van der Waals surface area contributed by atoms with E-state index in [4.69, 9.17) is 5.73 Å². The number of carbonyl (C=O) groups is 2. The number of nitrogen functional groups attached to an aromatic ring is 1. The molecular formula is C28H27FN6O2. The number of aryl methyl sites for hydroxylation is 1. The molecule has 0 atom stereocenters. The Bertz CT molecular complexity index is 1520. The highest BCUT2D eigenvalue weighted by atomic mass is 19.1. The lowest BCUT2D eigenvalue weighted by molar-refractivity contribution is -0.112. The van der Waals surface area contributed by atoms with Crippen LogP contribution in [0.5, 0.6) is 0 Å². The first-order valence-corrected chi connectivity index (χ1v) is 11.9. The van der Waals surface area contributed by atoms with Gasteiger partial charge in [0.1, 0.15) is 24.0 Å². The van der Waals surface area contributed by atoms with Crippen molar-refractivity contribution in [1.82, 2.24) is 19.9 Å². The summed E-state index contributed by atoms with van der Waals surface area (Å²) in [5, 5.41) is 6.39. The van der Waals surface area contributed by atoms with Crippen LogP contribution >= 0.6 is 0 Å². The zero-order valence-corrected chi connectivity index (χ0v) is 20.6. The second-order valence-electron chi connectivity index (χ2n) is 9.37. The van der Waals surface area contributed by atoms with Crippen LogP contribution in [0.1, 0.15) is 30.1 Å². The Labute approximate surface area is 213 Å². The summed E-state index contributed by atoms with van der Waals surface area (Å²) in [7, 11) is 1.91. The SMILES string of the molecule is C=C(C)C(=O)Nc1ccc(-c2c(-c3ccc(C(=O)NC4CC(F)C4)cc3)c3c(N)ncnc3n2C)cc1. The molecule has 4 aromatic rings. The number of rotatable bonds is 6. The molecule has 2 aromatic carbocycles. The summed E-state index contributed by atoms with van der Waals surface area (Å²) in [6.07, 6.45) is 1.31. The summed E-state index contributed by atoms with van der Waals surface area (Å²) in [6.45, 7) is 5.32. The van der Waals surface area contributed by atoms with Crippen LogP contribution in [0, 0.1) is 0 Å². The lowest BCUT2D eigenvalue weighted by Crippen LogP contribution is -2.45. The molecule has 1 fully saturated rings. The van der Waals surface area contributed by atoms with Gasteiger partial charge in [0, 0.05) is 35.5 Å². The zero-order chi connectivity index (χ0) is 26.3. The predicted octanol–water partition coefficient (Wildman–Crippen LogP) is 4.63. The average molecular weight is 499 g/mol. The molecule has 2 aromatic heterocycles. The third kappa shape index (κ3) is 4.55. The van der Waals surface area contributed by atoms with Gasteiger partial charge in [-0.25, -0.2) is 14.4 Å². The van der Waals surface area contributed by atoms with Crippen LogP contribution in [0.4, 0.5) is 15.9 Å². The molecule has 9 heteroatoms. The van der Waals surface area contributed by atoms with Gasteiger partial charge in [0.05, 0.1) is 11.1 Å². The number of fused-ring (bicyclic) bond motifs is 1. The second-order valence-corrected chi connectivity index (χ2v) is 9.37. The van der Waals surface area contributed by atoms with E-state index in [-0.39, 0.29) is 17.9 Å². The lowest BCUT2D eigenvalue weighted by atomic mass is 9.90. The summed E-state index contributed by atoms with van der Waals surface area (Å²) in [4.78, 5) is 33.3. The number of hydrogen-bond acceptors (Lipinski definition) is 5. The van der Waals surface area contributed by atoms with Gasteiger partial charge < -0.3 is 20.9 Å². The minimum atomic E-state index is -0.832. The van der Waals surface area contributed by atoms with E-state index < -0.39 is 6.17 Å². The molecule has 0 spiro atoms. The van der Waals surface area contributed by atoms with Crippen LogP contribution in [0.25, 0.3) is 33.4 Å². The summed E-state index contributed by atoms with van der Waals surface area (Å²) in [5.41, 5.74) is 12.0. The molecule has 0 saturated heterocycles. The van der Waals surface area contributed by atoms with Crippen molar-refractivity contribution in [2.45, 2.75) is 32.0 Å². The van der Waals surface area contributed by atoms with Crippen molar-refractivity contribution in [3.05, 3.63) is 72.6 Å². The maximum Gasteiger partial charge on any atom is 0.251 e. The molecule has 1 aliphatic carbocycles. The Hall–Kier alpha value is -4.53. The van der Waals surface area contributed by atoms with Crippen LogP contribution in [-0.2, 0) is 11.8 Å². The number of aromatic nitrogens is 3. The zero-order valence-electron chi connectivity index (χ0n) is 20.6. The van der Waals surface area contributed by atoms with Gasteiger partial charge in [-0.05, 0) is 55.2 Å². The molecule has 37 heavy (non-hydrogen) atoms. The van der Waals surface area contributed by atoms with Crippen LogP contribution in [0.2, 0.25) is 0 Å². The average Bonchev–Trinajstić information content (AvgIpc) is 3.17. The number of amides is 2. The maximum absolute atomic E-state index is 13.1. The maximum atomic E-state index is 13.1. The summed E-state index contributed by atoms with van der Waals surface area (Å²) >= 11 is 0. The Morgan fingerprint density at radius 1 is 1.05 bits per heavy atom. The molecule has 5 rings (SSSR count). The van der Waals surface area contributed by atoms with Gasteiger partial charge in [-0.2, -0.15) is 0 Å². The van der Waals surface area contributed by atoms with E-state index in [1.807, 2.05) is 48.0 Å². The first-order valence-electron chi connectivity index (χ1n) is 11.9. The van der Waals surface area contributed by atoms with Gasteiger partial charge in [0.15, 0.2) is 0 Å². The van der Waals surface area contributed by atoms with E-state index in [1.54, 1.807) is 19.1 Å². The van der Waals surface area contributed by atoms with Crippen molar-refractivity contribution in [2.75, 3.05) is 11.1 Å². The fourth-order valence-corrected chi connectivity index (χ4v) is 4.57. The highest BCUT2D eigenvalue weighted by Crippen LogP contribution is 2.41. The number of nitrogens with two attached hydrogens (primary N) is 1. The predicted molar refractivity (Wildman–Crippen MR) is 143 cm³/mol. The monoisotopic (exact) mass is 498 g/mol. The van der Waals surface area contributed by atoms with Crippen molar-refractivity contribution in [1.29, 1.82) is 0 Å². The van der Waals surface area contributed by atoms with E-state index in [1.165, 1.54) is 6.33 Å². The van der Waals surface area contributed by atoms with E-state index >= 15 is 0 Å². The number of alkyl halides is 1. The van der Waals surface area contributed by atoms with Crippen molar-refractivity contribution < 1.29 is 14.0 Å². The molecule has 0 aliphatic heterocycles. The number of hydrogen-bond donors (Lipinski definition) is 3. The number of carbonyl (C=O) groups excluding carboxylic acids is 2. The highest BCUT2D eigenvalue weighted by Gasteiger charge is 2.30. The fraction of sp³-hybridized carbons (Fsp3) is 0.214. The van der Waals surface area contributed by atoms with Crippen LogP contribution in [0.3, 0.4) is 0 Å². The topological polar surface area (TPSA) is 115 Å². The standard InChI is InChI=1S/C28H27FN6O2/c1-15(2)27(36)33-20-10-8-17(9-11-20)24-22(23-25(30)31-14-32-26(23)35(24)3)16-4-6-18(7-5-16)28(37)34-21-12-19(29)13-21/h4-11,14,19,21H,1,12-13H2,2-3H3,(H,33,36)(H,34,37)(H2,30,31,32). The van der Waals surface area contributed by atoms with E-state index in [9.17, 15) is 14.0 Å². The first-order chi connectivity index (χ1) is 17.7. The number of anilines is 2. The van der Waals surface area contributed by atoms with Gasteiger partial charge in [0.2, 0.25) is 0 Å². The molecule has 2 amide bonds. The first kappa shape index (κ1) is 24.2. The molecule has 0 radical (unpaired) electrons. The van der Waals surface area contributed by atoms with Gasteiger partial charge in [-0.3, -0.25) is 9.59 Å².